The predicted molar refractivity (Wildman–Crippen MR) is 82.1 cm³/mol. The maximum Gasteiger partial charge on any atom is 0.340 e. The van der Waals surface area contributed by atoms with Crippen molar-refractivity contribution in [3.05, 3.63) is 42.2 Å². The van der Waals surface area contributed by atoms with Crippen LogP contribution in [0, 0.1) is 0 Å². The summed E-state index contributed by atoms with van der Waals surface area (Å²) >= 11 is 0. The molecule has 0 fully saturated rings. The van der Waals surface area contributed by atoms with E-state index in [1.165, 1.54) is 0 Å². The standard InChI is InChI=1S/C15H20N4O2/c1-3-21-15(20)13-9-12(5-6-14(13)16)18-11(2)10-19-8-4-7-17-19/h4-9,11,18H,3,10,16H2,1-2H3. The van der Waals surface area contributed by atoms with Gasteiger partial charge in [0, 0.05) is 29.8 Å². The molecule has 0 aliphatic carbocycles. The summed E-state index contributed by atoms with van der Waals surface area (Å²) in [4.78, 5) is 11.8. The van der Waals surface area contributed by atoms with Gasteiger partial charge in [-0.3, -0.25) is 4.68 Å². The SMILES string of the molecule is CCOC(=O)c1cc(NC(C)Cn2cccn2)ccc1N. The topological polar surface area (TPSA) is 82.2 Å². The summed E-state index contributed by atoms with van der Waals surface area (Å²) in [6, 6.07) is 7.30. The third-order valence-electron chi connectivity index (χ3n) is 2.98. The van der Waals surface area contributed by atoms with Crippen LogP contribution in [0.5, 0.6) is 0 Å². The zero-order valence-electron chi connectivity index (χ0n) is 12.2. The Morgan fingerprint density at radius 2 is 2.33 bits per heavy atom. The predicted octanol–water partition coefficient (Wildman–Crippen LogP) is 2.14. The Kier molecular flexibility index (Phi) is 4.81. The molecule has 0 aliphatic rings. The maximum atomic E-state index is 11.8. The van der Waals surface area contributed by atoms with Crippen LogP contribution in [0.4, 0.5) is 11.4 Å². The first-order valence-electron chi connectivity index (χ1n) is 6.90. The van der Waals surface area contributed by atoms with Crippen molar-refractivity contribution >= 4 is 17.3 Å². The lowest BCUT2D eigenvalue weighted by Gasteiger charge is -2.16. The number of ether oxygens (including phenoxy) is 1. The molecule has 0 saturated heterocycles. The van der Waals surface area contributed by atoms with Crippen molar-refractivity contribution in [2.24, 2.45) is 0 Å². The minimum Gasteiger partial charge on any atom is -0.462 e. The van der Waals surface area contributed by atoms with Gasteiger partial charge in [0.2, 0.25) is 0 Å². The molecule has 112 valence electrons. The van der Waals surface area contributed by atoms with Crippen LogP contribution >= 0.6 is 0 Å². The van der Waals surface area contributed by atoms with Crippen LogP contribution in [0.15, 0.2) is 36.7 Å². The van der Waals surface area contributed by atoms with Crippen LogP contribution in [-0.4, -0.2) is 28.4 Å². The van der Waals surface area contributed by atoms with E-state index in [-0.39, 0.29) is 6.04 Å². The first-order valence-corrected chi connectivity index (χ1v) is 6.90. The number of hydrogen-bond donors (Lipinski definition) is 2. The van der Waals surface area contributed by atoms with Crippen LogP contribution < -0.4 is 11.1 Å². The number of benzene rings is 1. The minimum absolute atomic E-state index is 0.156. The molecule has 1 heterocycles. The van der Waals surface area contributed by atoms with E-state index >= 15 is 0 Å². The molecule has 0 radical (unpaired) electrons. The van der Waals surface area contributed by atoms with E-state index in [2.05, 4.69) is 10.4 Å². The number of esters is 1. The molecule has 1 unspecified atom stereocenters. The lowest BCUT2D eigenvalue weighted by atomic mass is 10.1. The molecule has 1 aromatic carbocycles. The zero-order valence-corrected chi connectivity index (χ0v) is 12.2. The molecule has 6 heteroatoms. The molecule has 0 bridgehead atoms. The first kappa shape index (κ1) is 14.9. The quantitative estimate of drug-likeness (QED) is 0.628. The minimum atomic E-state index is -0.404. The fraction of sp³-hybridized carbons (Fsp3) is 0.333. The Balaban J connectivity index is 2.06. The van der Waals surface area contributed by atoms with Crippen molar-refractivity contribution in [1.82, 2.24) is 9.78 Å². The van der Waals surface area contributed by atoms with Gasteiger partial charge in [-0.1, -0.05) is 0 Å². The Morgan fingerprint density at radius 3 is 3.00 bits per heavy atom. The largest absolute Gasteiger partial charge is 0.462 e. The van der Waals surface area contributed by atoms with Crippen LogP contribution in [-0.2, 0) is 11.3 Å². The van der Waals surface area contributed by atoms with Gasteiger partial charge in [0.25, 0.3) is 0 Å². The Bertz CT molecular complexity index is 596. The Labute approximate surface area is 123 Å². The van der Waals surface area contributed by atoms with Crippen LogP contribution in [0.3, 0.4) is 0 Å². The fourth-order valence-electron chi connectivity index (χ4n) is 2.05. The number of carbonyl (C=O) groups excluding carboxylic acids is 1. The van der Waals surface area contributed by atoms with Crippen LogP contribution in [0.25, 0.3) is 0 Å². The van der Waals surface area contributed by atoms with Gasteiger partial charge in [0.15, 0.2) is 0 Å². The number of nitrogens with zero attached hydrogens (tertiary/aromatic N) is 2. The molecule has 0 amide bonds. The zero-order chi connectivity index (χ0) is 15.2. The number of nitrogens with one attached hydrogen (secondary N) is 1. The number of rotatable bonds is 6. The number of hydrogen-bond acceptors (Lipinski definition) is 5. The summed E-state index contributed by atoms with van der Waals surface area (Å²) in [5.74, 6) is -0.404. The third kappa shape index (κ3) is 3.98. The lowest BCUT2D eigenvalue weighted by Crippen LogP contribution is -2.22. The van der Waals surface area contributed by atoms with Gasteiger partial charge in [0.1, 0.15) is 0 Å². The lowest BCUT2D eigenvalue weighted by molar-refractivity contribution is 0.0527. The van der Waals surface area contributed by atoms with Crippen molar-refractivity contribution in [2.75, 3.05) is 17.7 Å². The Hall–Kier alpha value is -2.50. The average molecular weight is 288 g/mol. The molecule has 1 aromatic heterocycles. The van der Waals surface area contributed by atoms with Gasteiger partial charge in [0.05, 0.1) is 18.7 Å². The van der Waals surface area contributed by atoms with Gasteiger partial charge in [-0.05, 0) is 38.1 Å². The summed E-state index contributed by atoms with van der Waals surface area (Å²) in [5.41, 5.74) is 7.44. The molecule has 2 rings (SSSR count). The number of nitrogen functional groups attached to an aromatic ring is 1. The van der Waals surface area contributed by atoms with Gasteiger partial charge >= 0.3 is 5.97 Å². The van der Waals surface area contributed by atoms with E-state index in [9.17, 15) is 4.79 Å². The van der Waals surface area contributed by atoms with E-state index in [4.69, 9.17) is 10.5 Å². The molecule has 3 N–H and O–H groups in total. The molecule has 6 nitrogen and oxygen atoms in total. The van der Waals surface area contributed by atoms with E-state index in [0.29, 0.717) is 17.9 Å². The van der Waals surface area contributed by atoms with Crippen molar-refractivity contribution in [3.8, 4) is 0 Å². The van der Waals surface area contributed by atoms with Gasteiger partial charge in [-0.2, -0.15) is 5.10 Å². The number of nitrogens with two attached hydrogens (primary N) is 1. The summed E-state index contributed by atoms with van der Waals surface area (Å²) in [5, 5.41) is 7.49. The van der Waals surface area contributed by atoms with Crippen LogP contribution in [0.1, 0.15) is 24.2 Å². The maximum absolute atomic E-state index is 11.8. The molecule has 1 atom stereocenters. The normalized spacial score (nSPS) is 11.9. The second-order valence-electron chi connectivity index (χ2n) is 4.80. The van der Waals surface area contributed by atoms with Gasteiger partial charge in [-0.15, -0.1) is 0 Å². The summed E-state index contributed by atoms with van der Waals surface area (Å²) in [6.45, 7) is 4.86. The van der Waals surface area contributed by atoms with Gasteiger partial charge < -0.3 is 15.8 Å². The van der Waals surface area contributed by atoms with E-state index in [0.717, 1.165) is 12.2 Å². The second-order valence-corrected chi connectivity index (χ2v) is 4.80. The third-order valence-corrected chi connectivity index (χ3v) is 2.98. The Morgan fingerprint density at radius 1 is 1.52 bits per heavy atom. The van der Waals surface area contributed by atoms with Crippen molar-refractivity contribution in [2.45, 2.75) is 26.4 Å². The molecule has 0 aliphatic heterocycles. The molecule has 0 saturated carbocycles. The number of anilines is 2. The monoisotopic (exact) mass is 288 g/mol. The second kappa shape index (κ2) is 6.78. The molecular formula is C15H20N4O2. The summed E-state index contributed by atoms with van der Waals surface area (Å²) in [7, 11) is 0. The molecule has 0 spiro atoms. The summed E-state index contributed by atoms with van der Waals surface area (Å²) in [6.07, 6.45) is 3.65. The highest BCUT2D eigenvalue weighted by Crippen LogP contribution is 2.19. The van der Waals surface area contributed by atoms with Crippen molar-refractivity contribution < 1.29 is 9.53 Å². The number of aromatic nitrogens is 2. The van der Waals surface area contributed by atoms with E-state index < -0.39 is 5.97 Å². The van der Waals surface area contributed by atoms with Crippen LogP contribution in [0.2, 0.25) is 0 Å². The first-order chi connectivity index (χ1) is 10.1. The molecule has 2 aromatic rings. The highest BCUT2D eigenvalue weighted by molar-refractivity contribution is 5.96. The van der Waals surface area contributed by atoms with Crippen molar-refractivity contribution in [1.29, 1.82) is 0 Å². The molecular weight excluding hydrogens is 268 g/mol. The smallest absolute Gasteiger partial charge is 0.340 e. The summed E-state index contributed by atoms with van der Waals surface area (Å²) < 4.78 is 6.84. The number of carbonyl (C=O) groups is 1. The molecule has 21 heavy (non-hydrogen) atoms. The van der Waals surface area contributed by atoms with Crippen molar-refractivity contribution in [3.63, 3.8) is 0 Å². The average Bonchev–Trinajstić information content (AvgIpc) is 2.94. The van der Waals surface area contributed by atoms with E-state index in [1.807, 2.05) is 29.9 Å². The van der Waals surface area contributed by atoms with E-state index in [1.54, 1.807) is 25.3 Å². The van der Waals surface area contributed by atoms with Gasteiger partial charge in [-0.25, -0.2) is 4.79 Å². The highest BCUT2D eigenvalue weighted by Gasteiger charge is 2.12. The fourth-order valence-corrected chi connectivity index (χ4v) is 2.05. The highest BCUT2D eigenvalue weighted by atomic mass is 16.5.